The van der Waals surface area contributed by atoms with Crippen LogP contribution in [0.3, 0.4) is 0 Å². The van der Waals surface area contributed by atoms with Crippen LogP contribution in [0.4, 0.5) is 10.3 Å². The zero-order valence-electron chi connectivity index (χ0n) is 10.4. The van der Waals surface area contributed by atoms with E-state index >= 15 is 0 Å². The molecule has 0 saturated carbocycles. The maximum absolute atomic E-state index is 13.5. The van der Waals surface area contributed by atoms with Crippen LogP contribution in [0.2, 0.25) is 10.0 Å². The van der Waals surface area contributed by atoms with E-state index in [4.69, 9.17) is 28.9 Å². The van der Waals surface area contributed by atoms with E-state index in [1.165, 1.54) is 12.1 Å². The minimum atomic E-state index is -0.663. The van der Waals surface area contributed by atoms with Crippen molar-refractivity contribution in [3.05, 3.63) is 45.8 Å². The molecule has 2 aromatic heterocycles. The number of aryl methyl sites for hydroxylation is 1. The molecule has 0 amide bonds. The Morgan fingerprint density at radius 1 is 1.20 bits per heavy atom. The van der Waals surface area contributed by atoms with Crippen LogP contribution >= 0.6 is 23.2 Å². The molecule has 0 radical (unpaired) electrons. The van der Waals surface area contributed by atoms with Gasteiger partial charge in [0.05, 0.1) is 15.7 Å². The maximum atomic E-state index is 13.5. The van der Waals surface area contributed by atoms with Crippen molar-refractivity contribution < 1.29 is 4.39 Å². The molecule has 3 aromatic rings. The zero-order valence-corrected chi connectivity index (χ0v) is 11.9. The lowest BCUT2D eigenvalue weighted by molar-refractivity contribution is 0.628. The number of nitrogen functional groups attached to an aromatic ring is 1. The number of rotatable bonds is 1. The van der Waals surface area contributed by atoms with Crippen molar-refractivity contribution in [2.24, 2.45) is 0 Å². The Labute approximate surface area is 124 Å². The number of pyridine rings is 1. The van der Waals surface area contributed by atoms with Gasteiger partial charge in [0.1, 0.15) is 5.52 Å². The predicted octanol–water partition coefficient (Wildman–Crippen LogP) is 3.76. The smallest absolute Gasteiger partial charge is 0.207 e. The molecule has 20 heavy (non-hydrogen) atoms. The van der Waals surface area contributed by atoms with E-state index in [1.807, 2.05) is 13.0 Å². The van der Waals surface area contributed by atoms with Gasteiger partial charge in [-0.25, -0.2) is 14.4 Å². The van der Waals surface area contributed by atoms with Crippen LogP contribution in [0, 0.1) is 12.7 Å². The lowest BCUT2D eigenvalue weighted by atomic mass is 10.3. The quantitative estimate of drug-likeness (QED) is 0.696. The number of aromatic nitrogens is 3. The number of anilines is 1. The normalized spacial score (nSPS) is 11.2. The van der Waals surface area contributed by atoms with Crippen molar-refractivity contribution >= 4 is 40.3 Å². The highest BCUT2D eigenvalue weighted by atomic mass is 35.5. The molecule has 102 valence electrons. The first-order valence-corrected chi connectivity index (χ1v) is 6.48. The number of nitrogens with two attached hydrogens (primary N) is 1. The predicted molar refractivity (Wildman–Crippen MR) is 78.0 cm³/mol. The molecule has 0 spiro atoms. The minimum absolute atomic E-state index is 0.0825. The van der Waals surface area contributed by atoms with Crippen LogP contribution in [0.5, 0.6) is 0 Å². The lowest BCUT2D eigenvalue weighted by Crippen LogP contribution is -2.02. The summed E-state index contributed by atoms with van der Waals surface area (Å²) >= 11 is 11.6. The summed E-state index contributed by atoms with van der Waals surface area (Å²) in [4.78, 5) is 8.53. The first-order chi connectivity index (χ1) is 9.47. The number of halogens is 3. The van der Waals surface area contributed by atoms with E-state index in [-0.39, 0.29) is 16.0 Å². The topological polar surface area (TPSA) is 56.7 Å². The van der Waals surface area contributed by atoms with Gasteiger partial charge in [-0.3, -0.25) is 4.57 Å². The van der Waals surface area contributed by atoms with E-state index in [0.717, 1.165) is 5.56 Å². The van der Waals surface area contributed by atoms with Gasteiger partial charge in [0.2, 0.25) is 5.95 Å². The Morgan fingerprint density at radius 2 is 1.85 bits per heavy atom. The highest BCUT2D eigenvalue weighted by Crippen LogP contribution is 2.29. The highest BCUT2D eigenvalue weighted by molar-refractivity contribution is 6.35. The molecule has 1 aromatic carbocycles. The molecule has 2 heterocycles. The van der Waals surface area contributed by atoms with Crippen LogP contribution in [0.25, 0.3) is 16.9 Å². The fourth-order valence-electron chi connectivity index (χ4n) is 2.01. The van der Waals surface area contributed by atoms with Crippen molar-refractivity contribution in [1.82, 2.24) is 14.5 Å². The average molecular weight is 311 g/mol. The Balaban J connectivity index is 2.32. The molecule has 0 aliphatic rings. The molecule has 0 bridgehead atoms. The van der Waals surface area contributed by atoms with Gasteiger partial charge in [0, 0.05) is 6.20 Å². The van der Waals surface area contributed by atoms with Gasteiger partial charge in [0.25, 0.3) is 0 Å². The van der Waals surface area contributed by atoms with Gasteiger partial charge in [-0.05, 0) is 30.7 Å². The molecular weight excluding hydrogens is 302 g/mol. The second-order valence-electron chi connectivity index (χ2n) is 4.38. The first-order valence-electron chi connectivity index (χ1n) is 5.73. The van der Waals surface area contributed by atoms with Gasteiger partial charge in [-0.1, -0.05) is 23.2 Å². The van der Waals surface area contributed by atoms with E-state index in [2.05, 4.69) is 9.97 Å². The van der Waals surface area contributed by atoms with Crippen LogP contribution in [0.1, 0.15) is 5.56 Å². The molecule has 7 heteroatoms. The standard InChI is InChI=1S/C13H9Cl2FN4/c1-6-2-10-12(18-5-6)20(13(17)19-10)7-3-8(14)11(16)9(15)4-7/h2-5H,1H3,(H2,17,19). The van der Waals surface area contributed by atoms with Crippen molar-refractivity contribution in [2.45, 2.75) is 6.92 Å². The molecule has 4 nitrogen and oxygen atoms in total. The number of imidazole rings is 1. The highest BCUT2D eigenvalue weighted by Gasteiger charge is 2.15. The van der Waals surface area contributed by atoms with Crippen molar-refractivity contribution in [1.29, 1.82) is 0 Å². The van der Waals surface area contributed by atoms with Crippen LogP contribution in [-0.2, 0) is 0 Å². The molecular formula is C13H9Cl2FN4. The van der Waals surface area contributed by atoms with Gasteiger partial charge < -0.3 is 5.73 Å². The van der Waals surface area contributed by atoms with E-state index < -0.39 is 5.82 Å². The molecule has 0 fully saturated rings. The van der Waals surface area contributed by atoms with Crippen LogP contribution in [-0.4, -0.2) is 14.5 Å². The Kier molecular flexibility index (Phi) is 3.03. The van der Waals surface area contributed by atoms with Gasteiger partial charge in [-0.2, -0.15) is 0 Å². The minimum Gasteiger partial charge on any atom is -0.369 e. The number of hydrogen-bond acceptors (Lipinski definition) is 3. The van der Waals surface area contributed by atoms with Gasteiger partial charge >= 0.3 is 0 Å². The first kappa shape index (κ1) is 13.1. The van der Waals surface area contributed by atoms with Crippen LogP contribution < -0.4 is 5.73 Å². The second-order valence-corrected chi connectivity index (χ2v) is 5.20. The zero-order chi connectivity index (χ0) is 14.4. The second kappa shape index (κ2) is 4.61. The average Bonchev–Trinajstić information content (AvgIpc) is 2.70. The van der Waals surface area contributed by atoms with E-state index in [9.17, 15) is 4.39 Å². The Morgan fingerprint density at radius 3 is 2.50 bits per heavy atom. The third-order valence-electron chi connectivity index (χ3n) is 2.89. The summed E-state index contributed by atoms with van der Waals surface area (Å²) in [7, 11) is 0. The van der Waals surface area contributed by atoms with Gasteiger partial charge in [0.15, 0.2) is 11.5 Å². The van der Waals surface area contributed by atoms with E-state index in [1.54, 1.807) is 10.8 Å². The largest absolute Gasteiger partial charge is 0.369 e. The Bertz CT molecular complexity index is 806. The summed E-state index contributed by atoms with van der Waals surface area (Å²) in [6.07, 6.45) is 1.70. The SMILES string of the molecule is Cc1cnc2c(c1)nc(N)n2-c1cc(Cl)c(F)c(Cl)c1. The summed E-state index contributed by atoms with van der Waals surface area (Å²) in [6.45, 7) is 1.91. The number of hydrogen-bond donors (Lipinski definition) is 1. The fraction of sp³-hybridized carbons (Fsp3) is 0.0769. The maximum Gasteiger partial charge on any atom is 0.207 e. The molecule has 0 aliphatic carbocycles. The monoisotopic (exact) mass is 310 g/mol. The molecule has 0 atom stereocenters. The van der Waals surface area contributed by atoms with E-state index in [0.29, 0.717) is 16.9 Å². The summed E-state index contributed by atoms with van der Waals surface area (Å²) in [5.41, 5.74) is 8.60. The molecule has 0 saturated heterocycles. The number of benzene rings is 1. The van der Waals surface area contributed by atoms with Crippen molar-refractivity contribution in [3.8, 4) is 5.69 Å². The van der Waals surface area contributed by atoms with Crippen molar-refractivity contribution in [3.63, 3.8) is 0 Å². The lowest BCUT2D eigenvalue weighted by Gasteiger charge is -2.08. The third kappa shape index (κ3) is 1.99. The third-order valence-corrected chi connectivity index (χ3v) is 3.44. The fourth-order valence-corrected chi connectivity index (χ4v) is 2.48. The summed E-state index contributed by atoms with van der Waals surface area (Å²) in [6, 6.07) is 4.73. The Hall–Kier alpha value is -1.85. The molecule has 2 N–H and O–H groups in total. The number of nitrogens with zero attached hydrogens (tertiary/aromatic N) is 3. The van der Waals surface area contributed by atoms with Crippen LogP contribution in [0.15, 0.2) is 24.4 Å². The number of fused-ring (bicyclic) bond motifs is 1. The van der Waals surface area contributed by atoms with Crippen molar-refractivity contribution in [2.75, 3.05) is 5.73 Å². The summed E-state index contributed by atoms with van der Waals surface area (Å²) in [5.74, 6) is -0.430. The summed E-state index contributed by atoms with van der Waals surface area (Å²) in [5, 5.41) is -0.165. The molecule has 0 aliphatic heterocycles. The molecule has 0 unspecified atom stereocenters. The molecule has 3 rings (SSSR count). The van der Waals surface area contributed by atoms with Gasteiger partial charge in [-0.15, -0.1) is 0 Å². The summed E-state index contributed by atoms with van der Waals surface area (Å²) < 4.78 is 15.1.